The van der Waals surface area contributed by atoms with Crippen molar-refractivity contribution in [1.82, 2.24) is 0 Å². The Hall–Kier alpha value is -0.860. The lowest BCUT2D eigenvalue weighted by molar-refractivity contribution is -0.155. The number of Topliss-reactive ketones (excluding diaryl/α,β-unsaturated/α-hetero) is 1. The molecule has 0 bridgehead atoms. The molecule has 64 valence electrons. The van der Waals surface area contributed by atoms with Gasteiger partial charge in [0.05, 0.1) is 7.11 Å². The topological polar surface area (TPSA) is 43.4 Å². The lowest BCUT2D eigenvalue weighted by Gasteiger charge is -2.18. The number of esters is 1. The molecule has 3 nitrogen and oxygen atoms in total. The third kappa shape index (κ3) is 2.33. The van der Waals surface area contributed by atoms with Gasteiger partial charge in [-0.1, -0.05) is 20.8 Å². The fourth-order valence-electron chi connectivity index (χ4n) is 0.530. The molecule has 0 aliphatic heterocycles. The third-order valence-corrected chi connectivity index (χ3v) is 1.87. The molecule has 0 N–H and O–H groups in total. The summed E-state index contributed by atoms with van der Waals surface area (Å²) in [4.78, 5) is 21.9. The fourth-order valence-corrected chi connectivity index (χ4v) is 0.530. The average molecular weight is 158 g/mol. The number of ether oxygens (including phenoxy) is 1. The summed E-state index contributed by atoms with van der Waals surface area (Å²) in [7, 11) is 1.21. The molecule has 0 saturated heterocycles. The number of rotatable bonds is 3. The molecule has 0 radical (unpaired) electrons. The van der Waals surface area contributed by atoms with E-state index >= 15 is 0 Å². The standard InChI is InChI=1S/C8H14O3/c1-5-8(2,3)6(9)7(10)11-4/h5H2,1-4H3. The lowest BCUT2D eigenvalue weighted by Crippen LogP contribution is -2.31. The van der Waals surface area contributed by atoms with Crippen LogP contribution in [0.2, 0.25) is 0 Å². The highest BCUT2D eigenvalue weighted by Gasteiger charge is 2.31. The van der Waals surface area contributed by atoms with Gasteiger partial charge in [0.1, 0.15) is 0 Å². The molecule has 0 aromatic rings. The van der Waals surface area contributed by atoms with Crippen LogP contribution >= 0.6 is 0 Å². The van der Waals surface area contributed by atoms with Crippen LogP contribution in [0.4, 0.5) is 0 Å². The van der Waals surface area contributed by atoms with Crippen molar-refractivity contribution in [2.75, 3.05) is 7.11 Å². The van der Waals surface area contributed by atoms with Crippen molar-refractivity contribution in [1.29, 1.82) is 0 Å². The van der Waals surface area contributed by atoms with Crippen molar-refractivity contribution in [3.8, 4) is 0 Å². The molecule has 0 saturated carbocycles. The molecule has 0 aliphatic rings. The number of carbonyl (C=O) groups excluding carboxylic acids is 2. The van der Waals surface area contributed by atoms with Crippen molar-refractivity contribution in [2.24, 2.45) is 5.41 Å². The number of hydrogen-bond acceptors (Lipinski definition) is 3. The Balaban J connectivity index is 4.36. The van der Waals surface area contributed by atoms with Gasteiger partial charge in [0.25, 0.3) is 0 Å². The molecule has 0 amide bonds. The quantitative estimate of drug-likeness (QED) is 0.457. The maximum Gasteiger partial charge on any atom is 0.374 e. The largest absolute Gasteiger partial charge is 0.463 e. The van der Waals surface area contributed by atoms with Crippen LogP contribution in [0.15, 0.2) is 0 Å². The molecule has 3 heteroatoms. The molecular weight excluding hydrogens is 144 g/mol. The maximum absolute atomic E-state index is 11.2. The van der Waals surface area contributed by atoms with Gasteiger partial charge in [-0.15, -0.1) is 0 Å². The van der Waals surface area contributed by atoms with Crippen LogP contribution in [0.3, 0.4) is 0 Å². The summed E-state index contributed by atoms with van der Waals surface area (Å²) in [6, 6.07) is 0. The first kappa shape index (κ1) is 10.1. The Bertz CT molecular complexity index is 170. The van der Waals surface area contributed by atoms with E-state index in [1.165, 1.54) is 7.11 Å². The highest BCUT2D eigenvalue weighted by Crippen LogP contribution is 2.21. The van der Waals surface area contributed by atoms with Gasteiger partial charge in [0.15, 0.2) is 0 Å². The average Bonchev–Trinajstić information content (AvgIpc) is 2.01. The number of carbonyl (C=O) groups is 2. The summed E-state index contributed by atoms with van der Waals surface area (Å²) in [6.45, 7) is 5.32. The number of hydrogen-bond donors (Lipinski definition) is 0. The molecule has 0 unspecified atom stereocenters. The molecule has 0 spiro atoms. The minimum atomic E-state index is -0.753. The Morgan fingerprint density at radius 3 is 2.09 bits per heavy atom. The van der Waals surface area contributed by atoms with E-state index in [2.05, 4.69) is 4.74 Å². The summed E-state index contributed by atoms with van der Waals surface area (Å²) in [5, 5.41) is 0. The van der Waals surface area contributed by atoms with Gasteiger partial charge in [-0.3, -0.25) is 4.79 Å². The molecule has 0 atom stereocenters. The van der Waals surface area contributed by atoms with Crippen molar-refractivity contribution in [2.45, 2.75) is 27.2 Å². The van der Waals surface area contributed by atoms with Crippen LogP contribution in [-0.4, -0.2) is 18.9 Å². The summed E-state index contributed by atoms with van der Waals surface area (Å²) >= 11 is 0. The highest BCUT2D eigenvalue weighted by molar-refractivity contribution is 6.35. The van der Waals surface area contributed by atoms with Gasteiger partial charge in [-0.05, 0) is 6.42 Å². The smallest absolute Gasteiger partial charge is 0.374 e. The van der Waals surface area contributed by atoms with Crippen molar-refractivity contribution in [3.05, 3.63) is 0 Å². The van der Waals surface area contributed by atoms with E-state index in [0.29, 0.717) is 6.42 Å². The Morgan fingerprint density at radius 1 is 1.36 bits per heavy atom. The highest BCUT2D eigenvalue weighted by atomic mass is 16.5. The third-order valence-electron chi connectivity index (χ3n) is 1.87. The van der Waals surface area contributed by atoms with E-state index < -0.39 is 17.2 Å². The van der Waals surface area contributed by atoms with Crippen LogP contribution in [0.5, 0.6) is 0 Å². The van der Waals surface area contributed by atoms with Gasteiger partial charge in [-0.2, -0.15) is 0 Å². The maximum atomic E-state index is 11.2. The number of ketones is 1. The molecule has 0 aromatic carbocycles. The van der Waals surface area contributed by atoms with Crippen LogP contribution < -0.4 is 0 Å². The summed E-state index contributed by atoms with van der Waals surface area (Å²) in [5.74, 6) is -1.21. The zero-order valence-electron chi connectivity index (χ0n) is 7.43. The van der Waals surface area contributed by atoms with E-state index in [9.17, 15) is 9.59 Å². The zero-order chi connectivity index (χ0) is 9.07. The first-order valence-corrected chi connectivity index (χ1v) is 3.58. The Labute approximate surface area is 66.7 Å². The van der Waals surface area contributed by atoms with Gasteiger partial charge in [0, 0.05) is 5.41 Å². The van der Waals surface area contributed by atoms with Crippen LogP contribution in [-0.2, 0) is 14.3 Å². The number of methoxy groups -OCH3 is 1. The normalized spacial score (nSPS) is 10.9. The molecule has 0 fully saturated rings. The van der Waals surface area contributed by atoms with Crippen molar-refractivity contribution < 1.29 is 14.3 Å². The summed E-state index contributed by atoms with van der Waals surface area (Å²) in [5.41, 5.74) is -0.590. The molecule has 0 aliphatic carbocycles. The Morgan fingerprint density at radius 2 is 1.82 bits per heavy atom. The lowest BCUT2D eigenvalue weighted by atomic mass is 9.85. The molecular formula is C8H14O3. The first-order chi connectivity index (χ1) is 4.95. The van der Waals surface area contributed by atoms with E-state index in [4.69, 9.17) is 0 Å². The SMILES string of the molecule is CCC(C)(C)C(=O)C(=O)OC. The minimum absolute atomic E-state index is 0.456. The van der Waals surface area contributed by atoms with Crippen molar-refractivity contribution in [3.63, 3.8) is 0 Å². The Kier molecular flexibility index (Phi) is 3.23. The van der Waals surface area contributed by atoms with Crippen molar-refractivity contribution >= 4 is 11.8 Å². The van der Waals surface area contributed by atoms with E-state index in [1.54, 1.807) is 13.8 Å². The molecule has 0 rings (SSSR count). The second-order valence-corrected chi connectivity index (χ2v) is 3.06. The van der Waals surface area contributed by atoms with Gasteiger partial charge in [-0.25, -0.2) is 4.79 Å². The summed E-state index contributed by atoms with van der Waals surface area (Å²) < 4.78 is 4.31. The minimum Gasteiger partial charge on any atom is -0.463 e. The molecule has 0 heterocycles. The van der Waals surface area contributed by atoms with Crippen LogP contribution in [0.1, 0.15) is 27.2 Å². The molecule has 11 heavy (non-hydrogen) atoms. The fraction of sp³-hybridized carbons (Fsp3) is 0.750. The van der Waals surface area contributed by atoms with Crippen LogP contribution in [0.25, 0.3) is 0 Å². The van der Waals surface area contributed by atoms with E-state index in [1.807, 2.05) is 6.92 Å². The van der Waals surface area contributed by atoms with E-state index in [0.717, 1.165) is 0 Å². The first-order valence-electron chi connectivity index (χ1n) is 3.58. The van der Waals surface area contributed by atoms with Gasteiger partial charge >= 0.3 is 5.97 Å². The van der Waals surface area contributed by atoms with Gasteiger partial charge < -0.3 is 4.74 Å². The second kappa shape index (κ2) is 3.51. The second-order valence-electron chi connectivity index (χ2n) is 3.06. The zero-order valence-corrected chi connectivity index (χ0v) is 7.43. The predicted molar refractivity (Wildman–Crippen MR) is 41.1 cm³/mol. The summed E-state index contributed by atoms with van der Waals surface area (Å²) in [6.07, 6.45) is 0.640. The van der Waals surface area contributed by atoms with E-state index in [-0.39, 0.29) is 0 Å². The molecule has 0 aromatic heterocycles. The van der Waals surface area contributed by atoms with Gasteiger partial charge in [0.2, 0.25) is 5.78 Å². The predicted octanol–water partition coefficient (Wildman–Crippen LogP) is 1.16. The monoisotopic (exact) mass is 158 g/mol. The van der Waals surface area contributed by atoms with Crippen LogP contribution in [0, 0.1) is 5.41 Å².